The minimum absolute atomic E-state index is 0.160. The van der Waals surface area contributed by atoms with E-state index in [0.29, 0.717) is 27.6 Å². The van der Waals surface area contributed by atoms with E-state index in [2.05, 4.69) is 10.1 Å². The van der Waals surface area contributed by atoms with E-state index in [9.17, 15) is 9.18 Å². The van der Waals surface area contributed by atoms with Gasteiger partial charge in [0.15, 0.2) is 5.65 Å². The number of fused-ring (bicyclic) bond motifs is 1. The summed E-state index contributed by atoms with van der Waals surface area (Å²) in [6, 6.07) is 6.26. The predicted octanol–water partition coefficient (Wildman–Crippen LogP) is 4.04. The third-order valence-corrected chi connectivity index (χ3v) is 4.95. The highest BCUT2D eigenvalue weighted by atomic mass is 35.5. The van der Waals surface area contributed by atoms with Crippen LogP contribution in [0.4, 0.5) is 10.2 Å². The Morgan fingerprint density at radius 2 is 2.26 bits per heavy atom. The minimum atomic E-state index is -0.462. The van der Waals surface area contributed by atoms with Gasteiger partial charge in [-0.1, -0.05) is 11.6 Å². The minimum Gasteiger partial charge on any atom is -0.462 e. The number of ether oxygens (including phenoxy) is 1. The zero-order valence-electron chi connectivity index (χ0n) is 14.7. The first-order chi connectivity index (χ1) is 13.1. The molecule has 4 rings (SSSR count). The molecule has 27 heavy (non-hydrogen) atoms. The molecule has 1 atom stereocenters. The Hall–Kier alpha value is -2.67. The van der Waals surface area contributed by atoms with Gasteiger partial charge in [0.2, 0.25) is 0 Å². The van der Waals surface area contributed by atoms with Crippen molar-refractivity contribution in [3.63, 3.8) is 0 Å². The maximum Gasteiger partial charge on any atom is 0.343 e. The zero-order valence-corrected chi connectivity index (χ0v) is 15.5. The lowest BCUT2D eigenvalue weighted by atomic mass is 10.0. The van der Waals surface area contributed by atoms with E-state index >= 15 is 0 Å². The van der Waals surface area contributed by atoms with Crippen molar-refractivity contribution in [3.8, 4) is 0 Å². The average Bonchev–Trinajstić information content (AvgIpc) is 3.30. The SMILES string of the molecule is CCOC(=O)c1cnn2ccc(N3CCCC3c3cc(Cl)ccc3F)nc12. The van der Waals surface area contributed by atoms with Gasteiger partial charge in [-0.25, -0.2) is 18.7 Å². The Morgan fingerprint density at radius 3 is 3.07 bits per heavy atom. The van der Waals surface area contributed by atoms with Crippen LogP contribution < -0.4 is 4.90 Å². The Kier molecular flexibility index (Phi) is 4.70. The van der Waals surface area contributed by atoms with Gasteiger partial charge in [0.05, 0.1) is 18.8 Å². The molecule has 0 saturated carbocycles. The third-order valence-electron chi connectivity index (χ3n) is 4.71. The first-order valence-corrected chi connectivity index (χ1v) is 9.19. The molecule has 1 aromatic carbocycles. The molecule has 0 amide bonds. The lowest BCUT2D eigenvalue weighted by Crippen LogP contribution is -2.24. The first-order valence-electron chi connectivity index (χ1n) is 8.81. The molecule has 6 nitrogen and oxygen atoms in total. The van der Waals surface area contributed by atoms with Crippen molar-refractivity contribution in [1.29, 1.82) is 0 Å². The van der Waals surface area contributed by atoms with Gasteiger partial charge >= 0.3 is 5.97 Å². The molecule has 0 aliphatic carbocycles. The Labute approximate surface area is 160 Å². The van der Waals surface area contributed by atoms with Crippen molar-refractivity contribution in [2.24, 2.45) is 0 Å². The largest absolute Gasteiger partial charge is 0.462 e. The van der Waals surface area contributed by atoms with Crippen molar-refractivity contribution in [2.75, 3.05) is 18.1 Å². The summed E-state index contributed by atoms with van der Waals surface area (Å²) in [6.07, 6.45) is 4.90. The number of carbonyl (C=O) groups excluding carboxylic acids is 1. The van der Waals surface area contributed by atoms with Crippen LogP contribution >= 0.6 is 11.6 Å². The quantitative estimate of drug-likeness (QED) is 0.631. The van der Waals surface area contributed by atoms with E-state index in [1.807, 2.05) is 11.0 Å². The second-order valence-electron chi connectivity index (χ2n) is 6.35. The number of halogens is 2. The molecule has 1 fully saturated rings. The third kappa shape index (κ3) is 3.23. The molecule has 2 aromatic heterocycles. The van der Waals surface area contributed by atoms with Crippen molar-refractivity contribution < 1.29 is 13.9 Å². The predicted molar refractivity (Wildman–Crippen MR) is 99.7 cm³/mol. The Morgan fingerprint density at radius 1 is 1.41 bits per heavy atom. The van der Waals surface area contributed by atoms with Gasteiger partial charge in [-0.05, 0) is 44.0 Å². The van der Waals surface area contributed by atoms with Crippen LogP contribution in [0.3, 0.4) is 0 Å². The van der Waals surface area contributed by atoms with Crippen LogP contribution in [0, 0.1) is 5.82 Å². The van der Waals surface area contributed by atoms with E-state index < -0.39 is 5.97 Å². The van der Waals surface area contributed by atoms with Crippen LogP contribution in [0.5, 0.6) is 0 Å². The molecule has 8 heteroatoms. The summed E-state index contributed by atoms with van der Waals surface area (Å²) in [4.78, 5) is 18.8. The van der Waals surface area contributed by atoms with Crippen LogP contribution in [0.2, 0.25) is 5.02 Å². The summed E-state index contributed by atoms with van der Waals surface area (Å²) in [5.41, 5.74) is 1.28. The number of rotatable bonds is 4. The van der Waals surface area contributed by atoms with Crippen LogP contribution in [-0.2, 0) is 4.74 Å². The van der Waals surface area contributed by atoms with Gasteiger partial charge in [0.25, 0.3) is 0 Å². The van der Waals surface area contributed by atoms with Gasteiger partial charge in [0.1, 0.15) is 17.2 Å². The molecule has 140 valence electrons. The highest BCUT2D eigenvalue weighted by molar-refractivity contribution is 6.30. The molecule has 1 aliphatic rings. The first kappa shape index (κ1) is 17.7. The number of hydrogen-bond acceptors (Lipinski definition) is 5. The lowest BCUT2D eigenvalue weighted by Gasteiger charge is -2.26. The van der Waals surface area contributed by atoms with Crippen LogP contribution in [0.1, 0.15) is 41.7 Å². The van der Waals surface area contributed by atoms with E-state index in [1.165, 1.54) is 16.8 Å². The van der Waals surface area contributed by atoms with Gasteiger partial charge in [-0.3, -0.25) is 0 Å². The zero-order chi connectivity index (χ0) is 19.0. The van der Waals surface area contributed by atoms with Crippen molar-refractivity contribution in [2.45, 2.75) is 25.8 Å². The Bertz CT molecular complexity index is 1010. The topological polar surface area (TPSA) is 59.7 Å². The maximum absolute atomic E-state index is 14.4. The summed E-state index contributed by atoms with van der Waals surface area (Å²) >= 11 is 6.07. The molecule has 3 aromatic rings. The van der Waals surface area contributed by atoms with E-state index in [-0.39, 0.29) is 18.5 Å². The summed E-state index contributed by atoms with van der Waals surface area (Å²) in [5.74, 6) is -0.0830. The van der Waals surface area contributed by atoms with Crippen LogP contribution in [0.15, 0.2) is 36.7 Å². The van der Waals surface area contributed by atoms with E-state index in [4.69, 9.17) is 16.3 Å². The fourth-order valence-corrected chi connectivity index (χ4v) is 3.69. The van der Waals surface area contributed by atoms with E-state index in [0.717, 1.165) is 19.4 Å². The summed E-state index contributed by atoms with van der Waals surface area (Å²) < 4.78 is 21.0. The van der Waals surface area contributed by atoms with Gasteiger partial charge < -0.3 is 9.64 Å². The normalized spacial score (nSPS) is 16.9. The monoisotopic (exact) mass is 388 g/mol. The number of esters is 1. The second-order valence-corrected chi connectivity index (χ2v) is 6.79. The maximum atomic E-state index is 14.4. The molecule has 0 N–H and O–H groups in total. The van der Waals surface area contributed by atoms with Gasteiger partial charge in [-0.2, -0.15) is 5.10 Å². The Balaban J connectivity index is 1.73. The molecule has 0 spiro atoms. The molecular weight excluding hydrogens is 371 g/mol. The molecule has 0 radical (unpaired) electrons. The fraction of sp³-hybridized carbons (Fsp3) is 0.316. The second kappa shape index (κ2) is 7.15. The fourth-order valence-electron chi connectivity index (χ4n) is 3.51. The highest BCUT2D eigenvalue weighted by Crippen LogP contribution is 2.37. The summed E-state index contributed by atoms with van der Waals surface area (Å²) in [6.45, 7) is 2.76. The molecule has 1 unspecified atom stereocenters. The number of anilines is 1. The molecule has 1 aliphatic heterocycles. The van der Waals surface area contributed by atoms with Crippen LogP contribution in [0.25, 0.3) is 5.65 Å². The van der Waals surface area contributed by atoms with Gasteiger partial charge in [-0.15, -0.1) is 0 Å². The van der Waals surface area contributed by atoms with Crippen molar-refractivity contribution in [1.82, 2.24) is 14.6 Å². The number of benzene rings is 1. The summed E-state index contributed by atoms with van der Waals surface area (Å²) in [5, 5.41) is 4.65. The molecule has 1 saturated heterocycles. The van der Waals surface area contributed by atoms with E-state index in [1.54, 1.807) is 25.3 Å². The van der Waals surface area contributed by atoms with Crippen LogP contribution in [-0.4, -0.2) is 33.7 Å². The van der Waals surface area contributed by atoms with Crippen molar-refractivity contribution in [3.05, 3.63) is 58.6 Å². The average molecular weight is 389 g/mol. The highest BCUT2D eigenvalue weighted by Gasteiger charge is 2.30. The standard InChI is InChI=1S/C19H18ClFN4O2/c1-2-27-19(26)14-11-22-25-9-7-17(23-18(14)25)24-8-3-4-16(24)13-10-12(20)5-6-15(13)21/h5-7,9-11,16H,2-4,8H2,1H3. The molecular formula is C19H18ClFN4O2. The number of hydrogen-bond donors (Lipinski definition) is 0. The number of aromatic nitrogens is 3. The molecule has 3 heterocycles. The molecule has 0 bridgehead atoms. The summed E-state index contributed by atoms with van der Waals surface area (Å²) in [7, 11) is 0. The van der Waals surface area contributed by atoms with Crippen molar-refractivity contribution >= 4 is 29.0 Å². The lowest BCUT2D eigenvalue weighted by molar-refractivity contribution is 0.0528. The number of carbonyl (C=O) groups is 1. The number of nitrogens with zero attached hydrogens (tertiary/aromatic N) is 4. The van der Waals surface area contributed by atoms with Gasteiger partial charge in [0, 0.05) is 23.3 Å². The smallest absolute Gasteiger partial charge is 0.343 e.